The maximum Gasteiger partial charge on any atom is 0.279 e. The second kappa shape index (κ2) is 7.97. The van der Waals surface area contributed by atoms with Crippen LogP contribution in [0.2, 0.25) is 0 Å². The van der Waals surface area contributed by atoms with Gasteiger partial charge < -0.3 is 10.2 Å². The van der Waals surface area contributed by atoms with Crippen molar-refractivity contribution in [2.45, 2.75) is 6.42 Å². The smallest absolute Gasteiger partial charge is 0.279 e. The molecule has 0 aliphatic rings. The summed E-state index contributed by atoms with van der Waals surface area (Å²) < 4.78 is 27.3. The van der Waals surface area contributed by atoms with Gasteiger partial charge in [-0.15, -0.1) is 0 Å². The third-order valence-corrected chi connectivity index (χ3v) is 3.73. The lowest BCUT2D eigenvalue weighted by Crippen LogP contribution is -2.41. The van der Waals surface area contributed by atoms with Gasteiger partial charge in [0.05, 0.1) is 0 Å². The van der Waals surface area contributed by atoms with Crippen LogP contribution in [0.25, 0.3) is 0 Å². The van der Waals surface area contributed by atoms with Crippen molar-refractivity contribution in [1.82, 2.24) is 19.2 Å². The molecule has 0 aromatic heterocycles. The molecule has 16 heavy (non-hydrogen) atoms. The number of rotatable bonds is 9. The standard InChI is InChI=1S/C9H24N4O2S/c1-10-6-5-8-13(4)16(14,15)11-7-9-12(2)3/h10-11H,5-9H2,1-4H3. The fourth-order valence-electron chi connectivity index (χ4n) is 1.11. The highest BCUT2D eigenvalue weighted by atomic mass is 32.2. The number of nitrogens with one attached hydrogen (secondary N) is 2. The Morgan fingerprint density at radius 3 is 2.19 bits per heavy atom. The van der Waals surface area contributed by atoms with E-state index in [0.29, 0.717) is 19.6 Å². The molecular formula is C9H24N4O2S. The molecule has 0 aliphatic heterocycles. The zero-order valence-electron chi connectivity index (χ0n) is 10.7. The summed E-state index contributed by atoms with van der Waals surface area (Å²) in [5.74, 6) is 0. The van der Waals surface area contributed by atoms with Crippen LogP contribution >= 0.6 is 0 Å². The van der Waals surface area contributed by atoms with Gasteiger partial charge in [0.25, 0.3) is 10.2 Å². The van der Waals surface area contributed by atoms with E-state index in [1.165, 1.54) is 4.31 Å². The van der Waals surface area contributed by atoms with Crippen molar-refractivity contribution in [3.8, 4) is 0 Å². The summed E-state index contributed by atoms with van der Waals surface area (Å²) in [5.41, 5.74) is 0. The lowest BCUT2D eigenvalue weighted by Gasteiger charge is -2.18. The molecule has 6 nitrogen and oxygen atoms in total. The molecule has 0 saturated heterocycles. The van der Waals surface area contributed by atoms with Crippen LogP contribution in [-0.2, 0) is 10.2 Å². The second-order valence-corrected chi connectivity index (χ2v) is 5.84. The van der Waals surface area contributed by atoms with E-state index in [0.717, 1.165) is 13.0 Å². The monoisotopic (exact) mass is 252 g/mol. The molecule has 0 aromatic rings. The lowest BCUT2D eigenvalue weighted by atomic mass is 10.4. The first kappa shape index (κ1) is 15.8. The van der Waals surface area contributed by atoms with Crippen molar-refractivity contribution >= 4 is 10.2 Å². The Morgan fingerprint density at radius 1 is 1.06 bits per heavy atom. The predicted molar refractivity (Wildman–Crippen MR) is 66.7 cm³/mol. The first-order chi connectivity index (χ1) is 7.40. The Kier molecular flexibility index (Phi) is 7.86. The van der Waals surface area contributed by atoms with Crippen LogP contribution in [0.3, 0.4) is 0 Å². The van der Waals surface area contributed by atoms with Crippen molar-refractivity contribution < 1.29 is 8.42 Å². The highest BCUT2D eigenvalue weighted by Crippen LogP contribution is 1.94. The summed E-state index contributed by atoms with van der Waals surface area (Å²) >= 11 is 0. The summed E-state index contributed by atoms with van der Waals surface area (Å²) in [7, 11) is 3.95. The van der Waals surface area contributed by atoms with Gasteiger partial charge in [0.1, 0.15) is 0 Å². The maximum absolute atomic E-state index is 11.7. The molecule has 0 unspecified atom stereocenters. The highest BCUT2D eigenvalue weighted by molar-refractivity contribution is 7.87. The van der Waals surface area contributed by atoms with Crippen LogP contribution in [0.5, 0.6) is 0 Å². The zero-order chi connectivity index (χ0) is 12.6. The minimum Gasteiger partial charge on any atom is -0.320 e. The Balaban J connectivity index is 3.91. The summed E-state index contributed by atoms with van der Waals surface area (Å²) in [6, 6.07) is 0. The third-order valence-electron chi connectivity index (χ3n) is 2.15. The van der Waals surface area contributed by atoms with E-state index in [2.05, 4.69) is 10.0 Å². The van der Waals surface area contributed by atoms with Crippen molar-refractivity contribution in [3.05, 3.63) is 0 Å². The van der Waals surface area contributed by atoms with E-state index in [-0.39, 0.29) is 0 Å². The normalized spacial score (nSPS) is 12.6. The maximum atomic E-state index is 11.7. The van der Waals surface area contributed by atoms with Crippen molar-refractivity contribution in [3.63, 3.8) is 0 Å². The first-order valence-corrected chi connectivity index (χ1v) is 6.84. The SMILES string of the molecule is CNCCCN(C)S(=O)(=O)NCCN(C)C. The van der Waals surface area contributed by atoms with Crippen LogP contribution in [0.15, 0.2) is 0 Å². The second-order valence-electron chi connectivity index (χ2n) is 3.98. The third kappa shape index (κ3) is 7.13. The zero-order valence-corrected chi connectivity index (χ0v) is 11.5. The first-order valence-electron chi connectivity index (χ1n) is 5.40. The van der Waals surface area contributed by atoms with E-state index in [9.17, 15) is 8.42 Å². The van der Waals surface area contributed by atoms with Crippen molar-refractivity contribution in [2.24, 2.45) is 0 Å². The van der Waals surface area contributed by atoms with Crippen LogP contribution in [0.4, 0.5) is 0 Å². The van der Waals surface area contributed by atoms with E-state index in [1.807, 2.05) is 26.0 Å². The molecule has 98 valence electrons. The van der Waals surface area contributed by atoms with Gasteiger partial charge in [0.15, 0.2) is 0 Å². The van der Waals surface area contributed by atoms with Crippen LogP contribution < -0.4 is 10.0 Å². The summed E-state index contributed by atoms with van der Waals surface area (Å²) in [6.07, 6.45) is 0.807. The molecule has 0 radical (unpaired) electrons. The van der Waals surface area contributed by atoms with Gasteiger partial charge >= 0.3 is 0 Å². The lowest BCUT2D eigenvalue weighted by molar-refractivity contribution is 0.403. The van der Waals surface area contributed by atoms with Crippen LogP contribution in [-0.4, -0.2) is 72.0 Å². The molecule has 0 saturated carbocycles. The Morgan fingerprint density at radius 2 is 1.69 bits per heavy atom. The Bertz CT molecular complexity index is 267. The number of likely N-dealkylation sites (N-methyl/N-ethyl adjacent to an activating group) is 1. The number of hydrogen-bond donors (Lipinski definition) is 2. The molecule has 0 heterocycles. The molecule has 0 fully saturated rings. The minimum atomic E-state index is -3.31. The summed E-state index contributed by atoms with van der Waals surface area (Å²) in [6.45, 7) is 2.48. The quantitative estimate of drug-likeness (QED) is 0.513. The molecular weight excluding hydrogens is 228 g/mol. The molecule has 0 atom stereocenters. The molecule has 0 aliphatic carbocycles. The van der Waals surface area contributed by atoms with E-state index >= 15 is 0 Å². The molecule has 0 rings (SSSR count). The Hall–Kier alpha value is -0.210. The van der Waals surface area contributed by atoms with Gasteiger partial charge in [0.2, 0.25) is 0 Å². The van der Waals surface area contributed by atoms with Gasteiger partial charge in [-0.25, -0.2) is 4.72 Å². The predicted octanol–water partition coefficient (Wildman–Crippen LogP) is -1.08. The number of hydrogen-bond acceptors (Lipinski definition) is 4. The summed E-state index contributed by atoms with van der Waals surface area (Å²) in [5, 5.41) is 2.98. The molecule has 0 amide bonds. The van der Waals surface area contributed by atoms with Gasteiger partial charge in [-0.2, -0.15) is 12.7 Å². The number of nitrogens with zero attached hydrogens (tertiary/aromatic N) is 2. The topological polar surface area (TPSA) is 64.7 Å². The van der Waals surface area contributed by atoms with Crippen LogP contribution in [0, 0.1) is 0 Å². The highest BCUT2D eigenvalue weighted by Gasteiger charge is 2.15. The minimum absolute atomic E-state index is 0.436. The van der Waals surface area contributed by atoms with Crippen molar-refractivity contribution in [2.75, 3.05) is 54.4 Å². The molecule has 2 N–H and O–H groups in total. The molecule has 7 heteroatoms. The summed E-state index contributed by atoms with van der Waals surface area (Å²) in [4.78, 5) is 1.93. The molecule has 0 aromatic carbocycles. The Labute approximate surface area is 99.2 Å². The van der Waals surface area contributed by atoms with Crippen LogP contribution in [0.1, 0.15) is 6.42 Å². The largest absolute Gasteiger partial charge is 0.320 e. The van der Waals surface area contributed by atoms with Crippen molar-refractivity contribution in [1.29, 1.82) is 0 Å². The fourth-order valence-corrected chi connectivity index (χ4v) is 2.05. The van der Waals surface area contributed by atoms with E-state index in [1.54, 1.807) is 7.05 Å². The fraction of sp³-hybridized carbons (Fsp3) is 1.00. The van der Waals surface area contributed by atoms with E-state index < -0.39 is 10.2 Å². The average molecular weight is 252 g/mol. The van der Waals surface area contributed by atoms with Gasteiger partial charge in [-0.05, 0) is 34.1 Å². The van der Waals surface area contributed by atoms with Gasteiger partial charge in [-0.3, -0.25) is 0 Å². The average Bonchev–Trinajstić information content (AvgIpc) is 2.17. The van der Waals surface area contributed by atoms with Gasteiger partial charge in [-0.1, -0.05) is 0 Å². The molecule has 0 spiro atoms. The molecule has 0 bridgehead atoms. The van der Waals surface area contributed by atoms with Gasteiger partial charge in [0, 0.05) is 26.7 Å². The van der Waals surface area contributed by atoms with E-state index in [4.69, 9.17) is 0 Å².